The Hall–Kier alpha value is -2.52. The van der Waals surface area contributed by atoms with E-state index in [1.807, 2.05) is 4.90 Å². The van der Waals surface area contributed by atoms with Crippen molar-refractivity contribution >= 4 is 21.9 Å². The molecule has 0 radical (unpaired) electrons. The molecule has 8 nitrogen and oxygen atoms in total. The minimum absolute atomic E-state index is 0.0248. The molecule has 1 amide bonds. The second-order valence-corrected chi connectivity index (χ2v) is 8.13. The van der Waals surface area contributed by atoms with Gasteiger partial charge in [-0.3, -0.25) is 4.79 Å². The lowest BCUT2D eigenvalue weighted by atomic mass is 9.97. The SMILES string of the molecule is NS(=O)(=O)c1ccc(CCNC(=O)[C@H]2CCCN(c3ncccn3)C2)cc1. The van der Waals surface area contributed by atoms with E-state index in [2.05, 4.69) is 15.3 Å². The van der Waals surface area contributed by atoms with Crippen molar-refractivity contribution in [1.29, 1.82) is 0 Å². The summed E-state index contributed by atoms with van der Waals surface area (Å²) in [5.74, 6) is 0.592. The molecule has 9 heteroatoms. The maximum absolute atomic E-state index is 12.5. The molecule has 3 rings (SSSR count). The van der Waals surface area contributed by atoms with Crippen LogP contribution in [-0.2, 0) is 21.2 Å². The maximum atomic E-state index is 12.5. The molecule has 3 N–H and O–H groups in total. The van der Waals surface area contributed by atoms with Gasteiger partial charge >= 0.3 is 0 Å². The Labute approximate surface area is 158 Å². The van der Waals surface area contributed by atoms with Crippen molar-refractivity contribution in [3.8, 4) is 0 Å². The van der Waals surface area contributed by atoms with Gasteiger partial charge < -0.3 is 10.2 Å². The van der Waals surface area contributed by atoms with Crippen LogP contribution in [0, 0.1) is 5.92 Å². The van der Waals surface area contributed by atoms with Crippen LogP contribution in [0.4, 0.5) is 5.95 Å². The number of anilines is 1. The van der Waals surface area contributed by atoms with Crippen LogP contribution in [0.3, 0.4) is 0 Å². The lowest BCUT2D eigenvalue weighted by Gasteiger charge is -2.31. The number of nitrogens with zero attached hydrogens (tertiary/aromatic N) is 3. The smallest absolute Gasteiger partial charge is 0.238 e. The number of aromatic nitrogens is 2. The molecule has 27 heavy (non-hydrogen) atoms. The lowest BCUT2D eigenvalue weighted by Crippen LogP contribution is -2.44. The van der Waals surface area contributed by atoms with E-state index in [4.69, 9.17) is 5.14 Å². The molecule has 1 aliphatic rings. The van der Waals surface area contributed by atoms with Gasteiger partial charge in [-0.15, -0.1) is 0 Å². The van der Waals surface area contributed by atoms with E-state index < -0.39 is 10.0 Å². The molecule has 1 aromatic carbocycles. The molecule has 0 saturated carbocycles. The first-order valence-corrected chi connectivity index (χ1v) is 10.4. The van der Waals surface area contributed by atoms with Crippen molar-refractivity contribution in [2.75, 3.05) is 24.5 Å². The Bertz CT molecular complexity index is 872. The first-order valence-electron chi connectivity index (χ1n) is 8.85. The number of benzene rings is 1. The molecule has 1 aliphatic heterocycles. The van der Waals surface area contributed by atoms with Crippen molar-refractivity contribution in [3.63, 3.8) is 0 Å². The lowest BCUT2D eigenvalue weighted by molar-refractivity contribution is -0.125. The number of rotatable bonds is 6. The number of carbonyl (C=O) groups is 1. The summed E-state index contributed by atoms with van der Waals surface area (Å²) in [6.07, 6.45) is 5.79. The van der Waals surface area contributed by atoms with E-state index in [1.54, 1.807) is 30.6 Å². The third-order valence-electron chi connectivity index (χ3n) is 4.59. The van der Waals surface area contributed by atoms with Crippen LogP contribution in [-0.4, -0.2) is 43.9 Å². The van der Waals surface area contributed by atoms with Gasteiger partial charge in [0.2, 0.25) is 21.9 Å². The number of piperidine rings is 1. The highest BCUT2D eigenvalue weighted by Crippen LogP contribution is 2.20. The van der Waals surface area contributed by atoms with Crippen molar-refractivity contribution in [2.24, 2.45) is 11.1 Å². The molecule has 0 spiro atoms. The predicted octanol–water partition coefficient (Wildman–Crippen LogP) is 0.699. The third-order valence-corrected chi connectivity index (χ3v) is 5.52. The number of hydrogen-bond donors (Lipinski definition) is 2. The van der Waals surface area contributed by atoms with Gasteiger partial charge in [-0.1, -0.05) is 12.1 Å². The highest BCUT2D eigenvalue weighted by molar-refractivity contribution is 7.89. The Morgan fingerprint density at radius 2 is 1.93 bits per heavy atom. The Morgan fingerprint density at radius 1 is 1.22 bits per heavy atom. The van der Waals surface area contributed by atoms with Crippen LogP contribution in [0.1, 0.15) is 18.4 Å². The second-order valence-electron chi connectivity index (χ2n) is 6.56. The van der Waals surface area contributed by atoms with Crippen LogP contribution in [0.2, 0.25) is 0 Å². The summed E-state index contributed by atoms with van der Waals surface area (Å²) in [6.45, 7) is 1.95. The van der Waals surface area contributed by atoms with Crippen LogP contribution in [0.5, 0.6) is 0 Å². The molecule has 1 aromatic heterocycles. The largest absolute Gasteiger partial charge is 0.355 e. The average molecular weight is 389 g/mol. The normalized spacial score (nSPS) is 17.5. The first-order chi connectivity index (χ1) is 12.9. The molecule has 0 bridgehead atoms. The van der Waals surface area contributed by atoms with Crippen molar-refractivity contribution in [2.45, 2.75) is 24.2 Å². The summed E-state index contributed by atoms with van der Waals surface area (Å²) in [5.41, 5.74) is 0.936. The van der Waals surface area contributed by atoms with E-state index in [0.717, 1.165) is 24.9 Å². The number of carbonyl (C=O) groups excluding carboxylic acids is 1. The van der Waals surface area contributed by atoms with Crippen molar-refractivity contribution in [3.05, 3.63) is 48.3 Å². The van der Waals surface area contributed by atoms with Crippen LogP contribution >= 0.6 is 0 Å². The molecule has 0 unspecified atom stereocenters. The Balaban J connectivity index is 1.49. The first kappa shape index (κ1) is 19.2. The standard InChI is InChI=1S/C18H23N5O3S/c19-27(25,26)16-6-4-14(5-7-16)8-11-20-17(24)15-3-1-12-23(13-15)18-21-9-2-10-22-18/h2,4-7,9-10,15H,1,3,8,11-13H2,(H,20,24)(H2,19,25,26)/t15-/m0/s1. The van der Waals surface area contributed by atoms with E-state index >= 15 is 0 Å². The highest BCUT2D eigenvalue weighted by Gasteiger charge is 2.26. The van der Waals surface area contributed by atoms with Gasteiger partial charge in [-0.05, 0) is 43.0 Å². The van der Waals surface area contributed by atoms with Crippen molar-refractivity contribution in [1.82, 2.24) is 15.3 Å². The zero-order valence-corrected chi connectivity index (χ0v) is 15.7. The number of hydrogen-bond acceptors (Lipinski definition) is 6. The third kappa shape index (κ3) is 5.24. The molecule has 1 saturated heterocycles. The molecule has 1 fully saturated rings. The molecular formula is C18H23N5O3S. The number of primary sulfonamides is 1. The summed E-state index contributed by atoms with van der Waals surface area (Å²) in [4.78, 5) is 23.1. The molecule has 1 atom stereocenters. The zero-order valence-electron chi connectivity index (χ0n) is 14.9. The van der Waals surface area contributed by atoms with Gasteiger partial charge in [0, 0.05) is 32.0 Å². The van der Waals surface area contributed by atoms with Gasteiger partial charge in [0.25, 0.3) is 0 Å². The summed E-state index contributed by atoms with van der Waals surface area (Å²) in [7, 11) is -3.68. The minimum atomic E-state index is -3.68. The number of sulfonamides is 1. The highest BCUT2D eigenvalue weighted by atomic mass is 32.2. The van der Waals surface area contributed by atoms with Gasteiger partial charge in [0.15, 0.2) is 0 Å². The number of nitrogens with one attached hydrogen (secondary N) is 1. The van der Waals surface area contributed by atoms with E-state index in [1.165, 1.54) is 12.1 Å². The molecule has 0 aliphatic carbocycles. The van der Waals surface area contributed by atoms with Crippen LogP contribution < -0.4 is 15.4 Å². The van der Waals surface area contributed by atoms with Gasteiger partial charge in [-0.25, -0.2) is 23.5 Å². The summed E-state index contributed by atoms with van der Waals surface area (Å²) in [6, 6.07) is 8.14. The number of amides is 1. The van der Waals surface area contributed by atoms with Gasteiger partial charge in [0.1, 0.15) is 0 Å². The molecule has 2 aromatic rings. The van der Waals surface area contributed by atoms with E-state index in [-0.39, 0.29) is 16.7 Å². The maximum Gasteiger partial charge on any atom is 0.238 e. The monoisotopic (exact) mass is 389 g/mol. The summed E-state index contributed by atoms with van der Waals surface area (Å²) in [5, 5.41) is 8.05. The van der Waals surface area contributed by atoms with Gasteiger partial charge in [0.05, 0.1) is 10.8 Å². The summed E-state index contributed by atoms with van der Waals surface area (Å²) >= 11 is 0. The molecular weight excluding hydrogens is 366 g/mol. The predicted molar refractivity (Wildman–Crippen MR) is 101 cm³/mol. The van der Waals surface area contributed by atoms with Crippen LogP contribution in [0.25, 0.3) is 0 Å². The van der Waals surface area contributed by atoms with Gasteiger partial charge in [-0.2, -0.15) is 0 Å². The fourth-order valence-electron chi connectivity index (χ4n) is 3.15. The zero-order chi connectivity index (χ0) is 19.3. The Morgan fingerprint density at radius 3 is 2.59 bits per heavy atom. The second kappa shape index (κ2) is 8.45. The topological polar surface area (TPSA) is 118 Å². The van der Waals surface area contributed by atoms with E-state index in [0.29, 0.717) is 25.5 Å². The van der Waals surface area contributed by atoms with Crippen LogP contribution in [0.15, 0.2) is 47.6 Å². The quantitative estimate of drug-likeness (QED) is 0.751. The Kier molecular flexibility index (Phi) is 6.02. The van der Waals surface area contributed by atoms with Crippen molar-refractivity contribution < 1.29 is 13.2 Å². The molecule has 144 valence electrons. The molecule has 2 heterocycles. The number of nitrogens with two attached hydrogens (primary N) is 1. The minimum Gasteiger partial charge on any atom is -0.355 e. The average Bonchev–Trinajstić information content (AvgIpc) is 2.68. The van der Waals surface area contributed by atoms with E-state index in [9.17, 15) is 13.2 Å². The fraction of sp³-hybridized carbons (Fsp3) is 0.389. The summed E-state index contributed by atoms with van der Waals surface area (Å²) < 4.78 is 22.5. The fourth-order valence-corrected chi connectivity index (χ4v) is 3.66.